The summed E-state index contributed by atoms with van der Waals surface area (Å²) < 4.78 is 3.49. The normalized spacial score (nSPS) is 12.6. The summed E-state index contributed by atoms with van der Waals surface area (Å²) in [6.45, 7) is 5.97. The maximum absolute atomic E-state index is 4.53. The average molecular weight is 352 g/mol. The van der Waals surface area contributed by atoms with Crippen molar-refractivity contribution in [3.63, 3.8) is 0 Å². The van der Waals surface area contributed by atoms with Crippen LogP contribution in [-0.4, -0.2) is 39.8 Å². The summed E-state index contributed by atoms with van der Waals surface area (Å²) in [5.74, 6) is 1.35. The molecule has 3 aromatic heterocycles. The molecule has 0 N–H and O–H groups in total. The van der Waals surface area contributed by atoms with Gasteiger partial charge in [-0.05, 0) is 49.4 Å². The fourth-order valence-electron chi connectivity index (χ4n) is 2.61. The minimum Gasteiger partial charge on any atom is -0.216 e. The Labute approximate surface area is 148 Å². The Balaban J connectivity index is 1.64. The van der Waals surface area contributed by atoms with Crippen LogP contribution >= 0.6 is 11.8 Å². The monoisotopic (exact) mass is 352 g/mol. The van der Waals surface area contributed by atoms with Gasteiger partial charge in [0.25, 0.3) is 5.78 Å². The lowest BCUT2D eigenvalue weighted by Crippen LogP contribution is -2.05. The standard InChI is InChI=1S/C16H16N8S/c1-10-9-11(2)23-15(17-10)18-16(20-23)25-12(3)14-19-21-22-24(14)13-7-5-4-6-8-13/h4-9,12H,1-3H3. The molecule has 9 heteroatoms. The average Bonchev–Trinajstić information content (AvgIpc) is 3.22. The van der Waals surface area contributed by atoms with Gasteiger partial charge in [-0.1, -0.05) is 30.0 Å². The van der Waals surface area contributed by atoms with E-state index in [2.05, 4.69) is 30.6 Å². The molecular formula is C16H16N8S. The van der Waals surface area contributed by atoms with Gasteiger partial charge in [-0.2, -0.15) is 9.67 Å². The van der Waals surface area contributed by atoms with Gasteiger partial charge in [0.1, 0.15) is 0 Å². The third-order valence-corrected chi connectivity index (χ3v) is 4.69. The molecule has 0 bridgehead atoms. The Bertz CT molecular complexity index is 1020. The van der Waals surface area contributed by atoms with Crippen molar-refractivity contribution in [3.8, 4) is 5.69 Å². The number of nitrogens with zero attached hydrogens (tertiary/aromatic N) is 8. The van der Waals surface area contributed by atoms with E-state index >= 15 is 0 Å². The summed E-state index contributed by atoms with van der Waals surface area (Å²) in [6.07, 6.45) is 0. The number of hydrogen-bond donors (Lipinski definition) is 0. The van der Waals surface area contributed by atoms with E-state index in [0.717, 1.165) is 22.9 Å². The number of aryl methyl sites for hydroxylation is 2. The molecule has 0 spiro atoms. The van der Waals surface area contributed by atoms with E-state index in [1.165, 1.54) is 11.8 Å². The Kier molecular flexibility index (Phi) is 3.92. The summed E-state index contributed by atoms with van der Waals surface area (Å²) in [5.41, 5.74) is 2.85. The Morgan fingerprint density at radius 1 is 1.08 bits per heavy atom. The molecule has 1 aromatic carbocycles. The first-order valence-electron chi connectivity index (χ1n) is 7.83. The third kappa shape index (κ3) is 2.98. The Morgan fingerprint density at radius 3 is 2.68 bits per heavy atom. The van der Waals surface area contributed by atoms with Crippen molar-refractivity contribution in [1.29, 1.82) is 0 Å². The third-order valence-electron chi connectivity index (χ3n) is 3.74. The topological polar surface area (TPSA) is 86.7 Å². The Morgan fingerprint density at radius 2 is 1.88 bits per heavy atom. The van der Waals surface area contributed by atoms with Crippen LogP contribution in [0.2, 0.25) is 0 Å². The van der Waals surface area contributed by atoms with Crippen molar-refractivity contribution < 1.29 is 0 Å². The maximum Gasteiger partial charge on any atom is 0.253 e. The van der Waals surface area contributed by atoms with Gasteiger partial charge in [-0.15, -0.1) is 10.2 Å². The minimum atomic E-state index is -0.0194. The number of tetrazole rings is 1. The van der Waals surface area contributed by atoms with Crippen LogP contribution < -0.4 is 0 Å². The minimum absolute atomic E-state index is 0.0194. The van der Waals surface area contributed by atoms with Crippen LogP contribution in [0.25, 0.3) is 11.5 Å². The van der Waals surface area contributed by atoms with Crippen LogP contribution in [0, 0.1) is 13.8 Å². The molecule has 0 aliphatic rings. The Hall–Kier alpha value is -2.81. The molecule has 8 nitrogen and oxygen atoms in total. The fraction of sp³-hybridized carbons (Fsp3) is 0.250. The van der Waals surface area contributed by atoms with Gasteiger partial charge in [-0.3, -0.25) is 0 Å². The molecule has 126 valence electrons. The number of thioether (sulfide) groups is 1. The summed E-state index contributed by atoms with van der Waals surface area (Å²) >= 11 is 1.50. The lowest BCUT2D eigenvalue weighted by Gasteiger charge is -2.09. The number of aromatic nitrogens is 8. The lowest BCUT2D eigenvalue weighted by atomic mass is 10.3. The van der Waals surface area contributed by atoms with E-state index < -0.39 is 0 Å². The molecule has 25 heavy (non-hydrogen) atoms. The molecule has 0 fully saturated rings. The summed E-state index contributed by atoms with van der Waals surface area (Å²) in [5, 5.41) is 17.3. The molecule has 4 aromatic rings. The smallest absolute Gasteiger partial charge is 0.216 e. The molecule has 1 atom stereocenters. The van der Waals surface area contributed by atoms with Crippen LogP contribution in [0.3, 0.4) is 0 Å². The van der Waals surface area contributed by atoms with Gasteiger partial charge >= 0.3 is 0 Å². The predicted octanol–water partition coefficient (Wildman–Crippen LogP) is 2.57. The second-order valence-corrected chi connectivity index (χ2v) is 7.00. The number of hydrogen-bond acceptors (Lipinski definition) is 7. The number of para-hydroxylation sites is 1. The van der Waals surface area contributed by atoms with Gasteiger partial charge in [0.05, 0.1) is 10.9 Å². The number of benzene rings is 1. The number of rotatable bonds is 4. The molecular weight excluding hydrogens is 336 g/mol. The molecule has 0 saturated carbocycles. The van der Waals surface area contributed by atoms with E-state index in [1.807, 2.05) is 57.2 Å². The van der Waals surface area contributed by atoms with Crippen LogP contribution in [0.1, 0.15) is 29.4 Å². The molecule has 0 amide bonds. The highest BCUT2D eigenvalue weighted by molar-refractivity contribution is 7.99. The van der Waals surface area contributed by atoms with Crippen LogP contribution in [0.15, 0.2) is 41.6 Å². The predicted molar refractivity (Wildman–Crippen MR) is 93.7 cm³/mol. The molecule has 0 aliphatic carbocycles. The highest BCUT2D eigenvalue weighted by Crippen LogP contribution is 2.32. The molecule has 1 unspecified atom stereocenters. The second-order valence-electron chi connectivity index (χ2n) is 5.69. The SMILES string of the molecule is Cc1cc(C)n2nc(SC(C)c3nnnn3-c3ccccc3)nc2n1. The largest absolute Gasteiger partial charge is 0.253 e. The molecule has 0 saturated heterocycles. The van der Waals surface area contributed by atoms with Crippen molar-refractivity contribution in [1.82, 2.24) is 39.8 Å². The van der Waals surface area contributed by atoms with Gasteiger partial charge in [-0.25, -0.2) is 9.50 Å². The van der Waals surface area contributed by atoms with Crippen molar-refractivity contribution in [2.45, 2.75) is 31.2 Å². The van der Waals surface area contributed by atoms with E-state index in [9.17, 15) is 0 Å². The van der Waals surface area contributed by atoms with Crippen LogP contribution in [0.5, 0.6) is 0 Å². The summed E-state index contributed by atoms with van der Waals surface area (Å²) in [7, 11) is 0. The molecule has 3 heterocycles. The van der Waals surface area contributed by atoms with Gasteiger partial charge in [0.2, 0.25) is 5.16 Å². The zero-order chi connectivity index (χ0) is 17.4. The van der Waals surface area contributed by atoms with Gasteiger partial charge in [0.15, 0.2) is 5.82 Å². The zero-order valence-electron chi connectivity index (χ0n) is 14.0. The van der Waals surface area contributed by atoms with Crippen molar-refractivity contribution in [3.05, 3.63) is 53.6 Å². The van der Waals surface area contributed by atoms with E-state index in [-0.39, 0.29) is 5.25 Å². The molecule has 4 rings (SSSR count). The van der Waals surface area contributed by atoms with Gasteiger partial charge < -0.3 is 0 Å². The fourth-order valence-corrected chi connectivity index (χ4v) is 3.44. The highest BCUT2D eigenvalue weighted by Gasteiger charge is 2.19. The molecule has 0 aliphatic heterocycles. The second kappa shape index (κ2) is 6.25. The van der Waals surface area contributed by atoms with E-state index in [0.29, 0.717) is 10.9 Å². The maximum atomic E-state index is 4.53. The summed E-state index contributed by atoms with van der Waals surface area (Å²) in [4.78, 5) is 8.94. The van der Waals surface area contributed by atoms with Gasteiger partial charge in [0, 0.05) is 11.4 Å². The van der Waals surface area contributed by atoms with Crippen molar-refractivity contribution in [2.24, 2.45) is 0 Å². The van der Waals surface area contributed by atoms with Crippen LogP contribution in [0.4, 0.5) is 0 Å². The lowest BCUT2D eigenvalue weighted by molar-refractivity contribution is 0.761. The molecule has 0 radical (unpaired) electrons. The first-order chi connectivity index (χ1) is 12.1. The quantitative estimate of drug-likeness (QED) is 0.522. The first-order valence-corrected chi connectivity index (χ1v) is 8.71. The summed E-state index contributed by atoms with van der Waals surface area (Å²) in [6, 6.07) is 11.8. The van der Waals surface area contributed by atoms with Crippen molar-refractivity contribution in [2.75, 3.05) is 0 Å². The van der Waals surface area contributed by atoms with E-state index in [4.69, 9.17) is 0 Å². The van der Waals surface area contributed by atoms with Crippen molar-refractivity contribution >= 4 is 17.5 Å². The number of fused-ring (bicyclic) bond motifs is 1. The van der Waals surface area contributed by atoms with E-state index in [1.54, 1.807) is 9.20 Å². The first kappa shape index (κ1) is 15.7. The van der Waals surface area contributed by atoms with Crippen LogP contribution in [-0.2, 0) is 0 Å². The highest BCUT2D eigenvalue weighted by atomic mass is 32.2. The zero-order valence-corrected chi connectivity index (χ0v) is 14.8.